The zero-order valence-corrected chi connectivity index (χ0v) is 8.51. The number of likely N-dealkylation sites (N-methyl/N-ethyl adjacent to an activating group) is 1. The van der Waals surface area contributed by atoms with Gasteiger partial charge in [0.25, 0.3) is 0 Å². The van der Waals surface area contributed by atoms with Gasteiger partial charge in [-0.15, -0.1) is 0 Å². The number of alkyl halides is 3. The summed E-state index contributed by atoms with van der Waals surface area (Å²) in [5.74, 6) is 0. The topological polar surface area (TPSA) is 8.17 Å². The number of rotatable bonds is 1. The second kappa shape index (κ2) is 3.56. The van der Waals surface area contributed by atoms with E-state index in [1.165, 1.54) is 12.3 Å². The molecule has 0 fully saturated rings. The van der Waals surface area contributed by atoms with E-state index in [4.69, 9.17) is 0 Å². The minimum atomic E-state index is -4.22. The molecule has 15 heavy (non-hydrogen) atoms. The van der Waals surface area contributed by atoms with Gasteiger partial charge in [0, 0.05) is 31.5 Å². The van der Waals surface area contributed by atoms with E-state index in [0.29, 0.717) is 13.1 Å². The Labute approximate surface area is 86.3 Å². The second-order valence-electron chi connectivity index (χ2n) is 3.78. The minimum Gasteiger partial charge on any atom is -0.348 e. The Kier molecular flexibility index (Phi) is 2.50. The molecule has 2 heterocycles. The Bertz CT molecular complexity index is 354. The van der Waals surface area contributed by atoms with E-state index < -0.39 is 11.7 Å². The lowest BCUT2D eigenvalue weighted by atomic mass is 10.2. The van der Waals surface area contributed by atoms with Gasteiger partial charge in [-0.1, -0.05) is 6.92 Å². The van der Waals surface area contributed by atoms with Gasteiger partial charge >= 0.3 is 6.18 Å². The van der Waals surface area contributed by atoms with Crippen molar-refractivity contribution < 1.29 is 13.2 Å². The molecule has 1 aliphatic rings. The monoisotopic (exact) mass is 218 g/mol. The van der Waals surface area contributed by atoms with Gasteiger partial charge in [-0.25, -0.2) is 0 Å². The number of hydrogen-bond donors (Lipinski definition) is 0. The molecule has 0 aromatic carbocycles. The summed E-state index contributed by atoms with van der Waals surface area (Å²) in [6.07, 6.45) is -3.01. The van der Waals surface area contributed by atoms with Crippen molar-refractivity contribution >= 4 is 0 Å². The number of aromatic nitrogens is 1. The third-order valence-corrected chi connectivity index (χ3v) is 2.80. The van der Waals surface area contributed by atoms with E-state index in [1.807, 2.05) is 6.92 Å². The molecular formula is C10H13F3N2. The van der Waals surface area contributed by atoms with E-state index in [1.54, 1.807) is 4.57 Å². The molecule has 84 valence electrons. The van der Waals surface area contributed by atoms with Crippen LogP contribution in [0.3, 0.4) is 0 Å². The van der Waals surface area contributed by atoms with Crippen LogP contribution in [0.1, 0.15) is 18.2 Å². The molecule has 2 nitrogen and oxygen atoms in total. The molecule has 0 radical (unpaired) electrons. The molecule has 0 spiro atoms. The fourth-order valence-electron chi connectivity index (χ4n) is 1.88. The van der Waals surface area contributed by atoms with E-state index in [-0.39, 0.29) is 0 Å². The molecule has 0 atom stereocenters. The molecule has 2 rings (SSSR count). The van der Waals surface area contributed by atoms with E-state index in [2.05, 4.69) is 4.90 Å². The first-order valence-corrected chi connectivity index (χ1v) is 4.99. The molecule has 5 heteroatoms. The largest absolute Gasteiger partial charge is 0.417 e. The highest BCUT2D eigenvalue weighted by Crippen LogP contribution is 2.31. The van der Waals surface area contributed by atoms with Crippen LogP contribution in [-0.2, 0) is 19.3 Å². The fourth-order valence-corrected chi connectivity index (χ4v) is 1.88. The Morgan fingerprint density at radius 3 is 2.67 bits per heavy atom. The first kappa shape index (κ1) is 10.5. The van der Waals surface area contributed by atoms with Crippen LogP contribution in [-0.4, -0.2) is 22.6 Å². The van der Waals surface area contributed by atoms with Crippen LogP contribution in [0.15, 0.2) is 12.3 Å². The molecule has 0 saturated carbocycles. The zero-order chi connectivity index (χ0) is 11.1. The van der Waals surface area contributed by atoms with Gasteiger partial charge in [-0.2, -0.15) is 13.2 Å². The van der Waals surface area contributed by atoms with Gasteiger partial charge in [-0.3, -0.25) is 4.90 Å². The van der Waals surface area contributed by atoms with Crippen molar-refractivity contribution in [3.63, 3.8) is 0 Å². The third kappa shape index (κ3) is 2.02. The Hall–Kier alpha value is -0.970. The first-order chi connectivity index (χ1) is 7.00. The van der Waals surface area contributed by atoms with Crippen LogP contribution in [0, 0.1) is 0 Å². The van der Waals surface area contributed by atoms with E-state index in [9.17, 15) is 13.2 Å². The van der Waals surface area contributed by atoms with Crippen molar-refractivity contribution in [2.24, 2.45) is 0 Å². The molecule has 0 saturated heterocycles. The highest BCUT2D eigenvalue weighted by atomic mass is 19.4. The van der Waals surface area contributed by atoms with Crippen molar-refractivity contribution in [2.75, 3.05) is 13.1 Å². The SMILES string of the molecule is CCN1CCn2cc(C(F)(F)F)cc2C1. The van der Waals surface area contributed by atoms with Crippen molar-refractivity contribution in [1.29, 1.82) is 0 Å². The number of hydrogen-bond acceptors (Lipinski definition) is 1. The van der Waals surface area contributed by atoms with Crippen LogP contribution in [0.4, 0.5) is 13.2 Å². The van der Waals surface area contributed by atoms with Crippen LogP contribution in [0.2, 0.25) is 0 Å². The molecule has 0 amide bonds. The Balaban J connectivity index is 2.26. The lowest BCUT2D eigenvalue weighted by molar-refractivity contribution is -0.137. The summed E-state index contributed by atoms with van der Waals surface area (Å²) >= 11 is 0. The van der Waals surface area contributed by atoms with Crippen molar-refractivity contribution in [3.05, 3.63) is 23.5 Å². The summed E-state index contributed by atoms with van der Waals surface area (Å²) in [5.41, 5.74) is 0.228. The maximum Gasteiger partial charge on any atom is 0.417 e. The number of halogens is 3. The average molecular weight is 218 g/mol. The number of fused-ring (bicyclic) bond motifs is 1. The van der Waals surface area contributed by atoms with Gasteiger partial charge in [0.2, 0.25) is 0 Å². The first-order valence-electron chi connectivity index (χ1n) is 4.99. The van der Waals surface area contributed by atoms with Crippen LogP contribution >= 0.6 is 0 Å². The molecule has 0 N–H and O–H groups in total. The smallest absolute Gasteiger partial charge is 0.348 e. The van der Waals surface area contributed by atoms with Gasteiger partial charge in [0.05, 0.1) is 5.56 Å². The quantitative estimate of drug-likeness (QED) is 0.702. The minimum absolute atomic E-state index is 0.532. The highest BCUT2D eigenvalue weighted by molar-refractivity contribution is 5.22. The predicted molar refractivity (Wildman–Crippen MR) is 50.4 cm³/mol. The molecule has 0 aliphatic carbocycles. The van der Waals surface area contributed by atoms with E-state index >= 15 is 0 Å². The average Bonchev–Trinajstić information content (AvgIpc) is 2.59. The van der Waals surface area contributed by atoms with Crippen molar-refractivity contribution in [1.82, 2.24) is 9.47 Å². The standard InChI is InChI=1S/C10H13F3N2/c1-2-14-3-4-15-6-8(10(11,12)13)5-9(15)7-14/h5-6H,2-4,7H2,1H3. The zero-order valence-electron chi connectivity index (χ0n) is 8.51. The predicted octanol–water partition coefficient (Wildman–Crippen LogP) is 2.34. The summed E-state index contributed by atoms with van der Waals surface area (Å²) in [4.78, 5) is 2.13. The van der Waals surface area contributed by atoms with Gasteiger partial charge in [-0.05, 0) is 12.6 Å². The highest BCUT2D eigenvalue weighted by Gasteiger charge is 2.33. The van der Waals surface area contributed by atoms with E-state index in [0.717, 1.165) is 18.8 Å². The summed E-state index contributed by atoms with van der Waals surface area (Å²) < 4.78 is 39.0. The number of nitrogens with zero attached hydrogens (tertiary/aromatic N) is 2. The summed E-state index contributed by atoms with van der Waals surface area (Å²) in [6.45, 7) is 5.00. The van der Waals surface area contributed by atoms with Crippen molar-refractivity contribution in [3.8, 4) is 0 Å². The van der Waals surface area contributed by atoms with Crippen LogP contribution < -0.4 is 0 Å². The lowest BCUT2D eigenvalue weighted by Gasteiger charge is -2.26. The molecule has 1 aromatic heterocycles. The summed E-state index contributed by atoms with van der Waals surface area (Å²) in [6, 6.07) is 1.25. The third-order valence-electron chi connectivity index (χ3n) is 2.80. The normalized spacial score (nSPS) is 17.9. The second-order valence-corrected chi connectivity index (χ2v) is 3.78. The summed E-state index contributed by atoms with van der Waals surface area (Å²) in [7, 11) is 0. The molecule has 0 bridgehead atoms. The molecule has 1 aromatic rings. The Morgan fingerprint density at radius 2 is 2.07 bits per heavy atom. The van der Waals surface area contributed by atoms with Gasteiger partial charge in [0.15, 0.2) is 0 Å². The summed E-state index contributed by atoms with van der Waals surface area (Å²) in [5, 5.41) is 0. The van der Waals surface area contributed by atoms with Gasteiger partial charge in [0.1, 0.15) is 0 Å². The van der Waals surface area contributed by atoms with Gasteiger partial charge < -0.3 is 4.57 Å². The lowest BCUT2D eigenvalue weighted by Crippen LogP contribution is -2.32. The van der Waals surface area contributed by atoms with Crippen LogP contribution in [0.5, 0.6) is 0 Å². The van der Waals surface area contributed by atoms with Crippen molar-refractivity contribution in [2.45, 2.75) is 26.2 Å². The van der Waals surface area contributed by atoms with Crippen LogP contribution in [0.25, 0.3) is 0 Å². The maximum absolute atomic E-state index is 12.4. The molecule has 0 unspecified atom stereocenters. The molecule has 1 aliphatic heterocycles. The molecular weight excluding hydrogens is 205 g/mol. The fraction of sp³-hybridized carbons (Fsp3) is 0.600. The Morgan fingerprint density at radius 1 is 1.33 bits per heavy atom. The maximum atomic E-state index is 12.4.